The van der Waals surface area contributed by atoms with Crippen molar-refractivity contribution < 1.29 is 13.2 Å². The maximum absolute atomic E-state index is 12.1. The van der Waals surface area contributed by atoms with Crippen molar-refractivity contribution in [3.8, 4) is 0 Å². The number of carbonyl (C=O) groups excluding carboxylic acids is 1. The Labute approximate surface area is 154 Å². The number of nitrogens with zero attached hydrogens (tertiary/aromatic N) is 2. The number of sulfonamides is 1. The van der Waals surface area contributed by atoms with Gasteiger partial charge >= 0.3 is 0 Å². The Bertz CT molecular complexity index is 926. The van der Waals surface area contributed by atoms with Crippen LogP contribution >= 0.6 is 0 Å². The van der Waals surface area contributed by atoms with E-state index in [4.69, 9.17) is 0 Å². The summed E-state index contributed by atoms with van der Waals surface area (Å²) < 4.78 is 28.4. The highest BCUT2D eigenvalue weighted by Gasteiger charge is 2.15. The molecule has 2 rings (SSSR count). The van der Waals surface area contributed by atoms with Gasteiger partial charge in [-0.2, -0.15) is 5.10 Å². The maximum Gasteiger partial charge on any atom is 0.248 e. The van der Waals surface area contributed by atoms with E-state index in [-0.39, 0.29) is 16.8 Å². The zero-order chi connectivity index (χ0) is 19.5. The van der Waals surface area contributed by atoms with Crippen LogP contribution in [-0.4, -0.2) is 30.1 Å². The molecule has 140 valence electrons. The van der Waals surface area contributed by atoms with Gasteiger partial charge in [0.1, 0.15) is 0 Å². The van der Waals surface area contributed by atoms with Gasteiger partial charge in [0.15, 0.2) is 0 Å². The van der Waals surface area contributed by atoms with E-state index in [1.165, 1.54) is 18.2 Å². The number of hydrogen-bond acceptors (Lipinski definition) is 4. The third kappa shape index (κ3) is 4.80. The molecule has 0 radical (unpaired) electrons. The van der Waals surface area contributed by atoms with Gasteiger partial charge in [0, 0.05) is 36.1 Å². The Morgan fingerprint density at radius 3 is 2.31 bits per heavy atom. The summed E-state index contributed by atoms with van der Waals surface area (Å²) in [4.78, 5) is 12.2. The smallest absolute Gasteiger partial charge is 0.248 e. The van der Waals surface area contributed by atoms with E-state index in [1.807, 2.05) is 20.9 Å². The Morgan fingerprint density at radius 2 is 1.81 bits per heavy atom. The van der Waals surface area contributed by atoms with Crippen LogP contribution in [0.2, 0.25) is 0 Å². The number of nitrogens with one attached hydrogen (secondary N) is 2. The van der Waals surface area contributed by atoms with Gasteiger partial charge in [-0.25, -0.2) is 13.1 Å². The van der Waals surface area contributed by atoms with E-state index in [2.05, 4.69) is 15.1 Å². The van der Waals surface area contributed by atoms with Crippen molar-refractivity contribution in [2.24, 2.45) is 7.05 Å². The van der Waals surface area contributed by atoms with E-state index >= 15 is 0 Å². The fourth-order valence-corrected chi connectivity index (χ4v) is 3.72. The molecule has 2 N–H and O–H groups in total. The van der Waals surface area contributed by atoms with Crippen LogP contribution < -0.4 is 10.0 Å². The number of hydrogen-bond donors (Lipinski definition) is 2. The van der Waals surface area contributed by atoms with Crippen LogP contribution in [0.5, 0.6) is 0 Å². The molecule has 1 aromatic heterocycles. The molecule has 8 heteroatoms. The predicted molar refractivity (Wildman–Crippen MR) is 102 cm³/mol. The van der Waals surface area contributed by atoms with Crippen molar-refractivity contribution >= 4 is 27.7 Å². The number of anilines is 1. The monoisotopic (exact) mass is 376 g/mol. The molecule has 26 heavy (non-hydrogen) atoms. The first-order valence-corrected chi connectivity index (χ1v) is 9.70. The highest BCUT2D eigenvalue weighted by Crippen LogP contribution is 2.16. The summed E-state index contributed by atoms with van der Waals surface area (Å²) in [6.07, 6.45) is 3.15. The van der Waals surface area contributed by atoms with Crippen molar-refractivity contribution in [3.05, 3.63) is 47.3 Å². The molecule has 0 aliphatic rings. The first-order chi connectivity index (χ1) is 12.1. The average Bonchev–Trinajstić information content (AvgIpc) is 2.77. The summed E-state index contributed by atoms with van der Waals surface area (Å²) in [5.74, 6) is -0.302. The Morgan fingerprint density at radius 1 is 1.19 bits per heavy atom. The van der Waals surface area contributed by atoms with Crippen molar-refractivity contribution in [2.75, 3.05) is 5.32 Å². The maximum atomic E-state index is 12.1. The summed E-state index contributed by atoms with van der Waals surface area (Å²) in [5, 5.41) is 7.01. The second-order valence-corrected chi connectivity index (χ2v) is 8.05. The topological polar surface area (TPSA) is 93.1 Å². The summed E-state index contributed by atoms with van der Waals surface area (Å²) in [6, 6.07) is 5.84. The lowest BCUT2D eigenvalue weighted by molar-refractivity contribution is -0.111. The second-order valence-electron chi connectivity index (χ2n) is 6.33. The van der Waals surface area contributed by atoms with Gasteiger partial charge < -0.3 is 5.32 Å². The zero-order valence-electron chi connectivity index (χ0n) is 15.6. The standard InChI is InChI=1S/C18H24N4O3S/c1-12(2)21-26(24,25)16-8-6-15(7-9-16)19-18(23)11-10-17-13(3)20-22(5)14(17)4/h6-12,21H,1-5H3,(H,19,23)/b11-10+. The van der Waals surface area contributed by atoms with E-state index in [1.54, 1.807) is 36.7 Å². The lowest BCUT2D eigenvalue weighted by Crippen LogP contribution is -2.30. The molecule has 0 unspecified atom stereocenters. The van der Waals surface area contributed by atoms with E-state index < -0.39 is 10.0 Å². The lowest BCUT2D eigenvalue weighted by Gasteiger charge is -2.10. The largest absolute Gasteiger partial charge is 0.323 e. The Balaban J connectivity index is 2.07. The van der Waals surface area contributed by atoms with E-state index in [0.29, 0.717) is 5.69 Å². The lowest BCUT2D eigenvalue weighted by atomic mass is 10.2. The SMILES string of the molecule is Cc1nn(C)c(C)c1/C=C/C(=O)Nc1ccc(S(=O)(=O)NC(C)C)cc1. The molecular weight excluding hydrogens is 352 g/mol. The fraction of sp³-hybridized carbons (Fsp3) is 0.333. The molecule has 1 heterocycles. The molecule has 1 aromatic carbocycles. The summed E-state index contributed by atoms with van der Waals surface area (Å²) in [7, 11) is -1.69. The molecular formula is C18H24N4O3S. The first kappa shape index (κ1) is 19.9. The molecule has 7 nitrogen and oxygen atoms in total. The quantitative estimate of drug-likeness (QED) is 0.757. The first-order valence-electron chi connectivity index (χ1n) is 8.22. The van der Waals surface area contributed by atoms with Crippen LogP contribution in [0.1, 0.15) is 30.8 Å². The molecule has 0 bridgehead atoms. The van der Waals surface area contributed by atoms with Gasteiger partial charge in [0.25, 0.3) is 0 Å². The van der Waals surface area contributed by atoms with Crippen LogP contribution in [-0.2, 0) is 21.9 Å². The summed E-state index contributed by atoms with van der Waals surface area (Å²) in [6.45, 7) is 7.32. The minimum absolute atomic E-state index is 0.154. The molecule has 0 saturated heterocycles. The number of carbonyl (C=O) groups is 1. The van der Waals surface area contributed by atoms with Crippen molar-refractivity contribution in [2.45, 2.75) is 38.6 Å². The molecule has 0 aliphatic heterocycles. The van der Waals surface area contributed by atoms with Crippen LogP contribution in [0.25, 0.3) is 6.08 Å². The van der Waals surface area contributed by atoms with Gasteiger partial charge in [-0.3, -0.25) is 9.48 Å². The number of rotatable bonds is 6. The summed E-state index contributed by atoms with van der Waals surface area (Å²) >= 11 is 0. The van der Waals surface area contributed by atoms with Crippen molar-refractivity contribution in [1.82, 2.24) is 14.5 Å². The number of aromatic nitrogens is 2. The zero-order valence-corrected chi connectivity index (χ0v) is 16.4. The predicted octanol–water partition coefficient (Wildman–Crippen LogP) is 2.38. The normalized spacial score (nSPS) is 12.1. The second kappa shape index (κ2) is 7.84. The number of amides is 1. The third-order valence-electron chi connectivity index (χ3n) is 3.79. The molecule has 2 aromatic rings. The minimum atomic E-state index is -3.54. The number of aryl methyl sites for hydroxylation is 2. The third-order valence-corrected chi connectivity index (χ3v) is 5.46. The van der Waals surface area contributed by atoms with Gasteiger partial charge in [-0.05, 0) is 58.0 Å². The molecule has 0 atom stereocenters. The molecule has 0 fully saturated rings. The van der Waals surface area contributed by atoms with Crippen LogP contribution in [0.4, 0.5) is 5.69 Å². The molecule has 0 aliphatic carbocycles. The van der Waals surface area contributed by atoms with Crippen molar-refractivity contribution in [3.63, 3.8) is 0 Å². The highest BCUT2D eigenvalue weighted by atomic mass is 32.2. The minimum Gasteiger partial charge on any atom is -0.323 e. The van der Waals surface area contributed by atoms with Crippen LogP contribution in [0, 0.1) is 13.8 Å². The van der Waals surface area contributed by atoms with Gasteiger partial charge in [0.2, 0.25) is 15.9 Å². The van der Waals surface area contributed by atoms with Gasteiger partial charge in [-0.15, -0.1) is 0 Å². The van der Waals surface area contributed by atoms with E-state index in [0.717, 1.165) is 17.0 Å². The fourth-order valence-electron chi connectivity index (χ4n) is 2.47. The highest BCUT2D eigenvalue weighted by molar-refractivity contribution is 7.89. The van der Waals surface area contributed by atoms with Crippen molar-refractivity contribution in [1.29, 1.82) is 0 Å². The molecule has 0 spiro atoms. The average molecular weight is 376 g/mol. The van der Waals surface area contributed by atoms with Crippen LogP contribution in [0.15, 0.2) is 35.2 Å². The Hall–Kier alpha value is -2.45. The summed E-state index contributed by atoms with van der Waals surface area (Å²) in [5.41, 5.74) is 3.24. The van der Waals surface area contributed by atoms with Gasteiger partial charge in [0.05, 0.1) is 10.6 Å². The molecule has 1 amide bonds. The van der Waals surface area contributed by atoms with Crippen LogP contribution in [0.3, 0.4) is 0 Å². The Kier molecular flexibility index (Phi) is 5.99. The van der Waals surface area contributed by atoms with Gasteiger partial charge in [-0.1, -0.05) is 0 Å². The molecule has 0 saturated carbocycles. The van der Waals surface area contributed by atoms with E-state index in [9.17, 15) is 13.2 Å². The number of benzene rings is 1.